The summed E-state index contributed by atoms with van der Waals surface area (Å²) < 4.78 is 2.37. The molecule has 2 heterocycles. The van der Waals surface area contributed by atoms with Crippen LogP contribution in [0.5, 0.6) is 0 Å². The third kappa shape index (κ3) is 2.23. The van der Waals surface area contributed by atoms with Gasteiger partial charge in [0.1, 0.15) is 5.82 Å². The first-order chi connectivity index (χ1) is 7.42. The van der Waals surface area contributed by atoms with Crippen LogP contribution in [-0.2, 0) is 13.0 Å². The van der Waals surface area contributed by atoms with Gasteiger partial charge in [0.25, 0.3) is 0 Å². The maximum Gasteiger partial charge on any atom is 0.108 e. The number of rotatable bonds is 4. The minimum Gasteiger partial charge on any atom is -0.335 e. The number of nitrogens with zero attached hydrogens (tertiary/aromatic N) is 2. The van der Waals surface area contributed by atoms with Gasteiger partial charge in [-0.15, -0.1) is 0 Å². The third-order valence-electron chi connectivity index (χ3n) is 3.59. The van der Waals surface area contributed by atoms with E-state index in [-0.39, 0.29) is 0 Å². The fourth-order valence-electron chi connectivity index (χ4n) is 2.42. The number of hydrogen-bond acceptors (Lipinski definition) is 2. The Morgan fingerprint density at radius 3 is 3.00 bits per heavy atom. The van der Waals surface area contributed by atoms with Crippen LogP contribution in [-0.4, -0.2) is 22.6 Å². The van der Waals surface area contributed by atoms with Crippen LogP contribution in [0.4, 0.5) is 0 Å². The predicted molar refractivity (Wildman–Crippen MR) is 59.6 cm³/mol. The minimum absolute atomic E-state index is 0.811. The van der Waals surface area contributed by atoms with Gasteiger partial charge in [-0.25, -0.2) is 4.98 Å². The van der Waals surface area contributed by atoms with Gasteiger partial charge in [0.05, 0.1) is 0 Å². The molecule has 2 fully saturated rings. The first-order valence-corrected chi connectivity index (χ1v) is 6.12. The molecule has 1 atom stereocenters. The molecule has 1 aliphatic carbocycles. The van der Waals surface area contributed by atoms with Crippen molar-refractivity contribution in [1.29, 1.82) is 0 Å². The van der Waals surface area contributed by atoms with Crippen molar-refractivity contribution in [1.82, 2.24) is 14.9 Å². The van der Waals surface area contributed by atoms with Crippen LogP contribution in [0.2, 0.25) is 0 Å². The highest BCUT2D eigenvalue weighted by atomic mass is 15.1. The van der Waals surface area contributed by atoms with Crippen LogP contribution in [0.3, 0.4) is 0 Å². The van der Waals surface area contributed by atoms with Gasteiger partial charge in [0, 0.05) is 25.4 Å². The van der Waals surface area contributed by atoms with Gasteiger partial charge < -0.3 is 9.88 Å². The highest BCUT2D eigenvalue weighted by Gasteiger charge is 2.23. The second-order valence-electron chi connectivity index (χ2n) is 5.00. The van der Waals surface area contributed by atoms with Gasteiger partial charge in [0.2, 0.25) is 0 Å². The number of nitrogens with one attached hydrogen (secondary N) is 1. The molecule has 3 heteroatoms. The molecule has 1 aromatic rings. The Morgan fingerprint density at radius 1 is 1.33 bits per heavy atom. The fourth-order valence-corrected chi connectivity index (χ4v) is 2.42. The quantitative estimate of drug-likeness (QED) is 0.806. The molecule has 0 amide bonds. The van der Waals surface area contributed by atoms with Gasteiger partial charge in [-0.3, -0.25) is 0 Å². The fraction of sp³-hybridized carbons (Fsp3) is 0.750. The van der Waals surface area contributed by atoms with Crippen LogP contribution in [0.25, 0.3) is 0 Å². The van der Waals surface area contributed by atoms with Crippen LogP contribution in [0.1, 0.15) is 25.1 Å². The van der Waals surface area contributed by atoms with Crippen molar-refractivity contribution in [2.45, 2.75) is 32.2 Å². The molecule has 1 aromatic heterocycles. The SMILES string of the molecule is c1cn(CC2CC2)c(CC2CCNC2)n1. The highest BCUT2D eigenvalue weighted by molar-refractivity contribution is 4.96. The second-order valence-corrected chi connectivity index (χ2v) is 5.00. The van der Waals surface area contributed by atoms with Crippen LogP contribution in [0, 0.1) is 11.8 Å². The molecule has 1 saturated heterocycles. The molecule has 1 saturated carbocycles. The van der Waals surface area contributed by atoms with Crippen molar-refractivity contribution in [3.8, 4) is 0 Å². The van der Waals surface area contributed by atoms with Gasteiger partial charge >= 0.3 is 0 Å². The van der Waals surface area contributed by atoms with E-state index < -0.39 is 0 Å². The smallest absolute Gasteiger partial charge is 0.108 e. The summed E-state index contributed by atoms with van der Waals surface area (Å²) in [7, 11) is 0. The van der Waals surface area contributed by atoms with E-state index in [1.54, 1.807) is 0 Å². The molecule has 1 N–H and O–H groups in total. The summed E-state index contributed by atoms with van der Waals surface area (Å²) in [5.74, 6) is 3.06. The lowest BCUT2D eigenvalue weighted by Crippen LogP contribution is -2.14. The Balaban J connectivity index is 1.64. The summed E-state index contributed by atoms with van der Waals surface area (Å²) >= 11 is 0. The van der Waals surface area contributed by atoms with Gasteiger partial charge in [-0.1, -0.05) is 0 Å². The third-order valence-corrected chi connectivity index (χ3v) is 3.59. The normalized spacial score (nSPS) is 26.0. The average Bonchev–Trinajstić information content (AvgIpc) is 2.75. The zero-order valence-corrected chi connectivity index (χ0v) is 9.15. The van der Waals surface area contributed by atoms with E-state index in [9.17, 15) is 0 Å². The van der Waals surface area contributed by atoms with Crippen LogP contribution < -0.4 is 5.32 Å². The lowest BCUT2D eigenvalue weighted by atomic mass is 10.0. The van der Waals surface area contributed by atoms with Crippen molar-refractivity contribution < 1.29 is 0 Å². The molecule has 0 radical (unpaired) electrons. The zero-order valence-electron chi connectivity index (χ0n) is 9.15. The maximum absolute atomic E-state index is 4.50. The topological polar surface area (TPSA) is 29.9 Å². The van der Waals surface area contributed by atoms with E-state index in [1.807, 2.05) is 6.20 Å². The second kappa shape index (κ2) is 3.97. The molecule has 15 heavy (non-hydrogen) atoms. The molecule has 3 nitrogen and oxygen atoms in total. The molecule has 3 rings (SSSR count). The molecule has 0 spiro atoms. The van der Waals surface area contributed by atoms with E-state index in [0.29, 0.717) is 0 Å². The summed E-state index contributed by atoms with van der Waals surface area (Å²) in [5, 5.41) is 3.42. The Labute approximate surface area is 90.9 Å². The molecule has 0 bridgehead atoms. The first kappa shape index (κ1) is 9.40. The monoisotopic (exact) mass is 205 g/mol. The number of aromatic nitrogens is 2. The molecule has 82 valence electrons. The van der Waals surface area contributed by atoms with E-state index in [4.69, 9.17) is 0 Å². The van der Waals surface area contributed by atoms with E-state index in [0.717, 1.165) is 18.3 Å². The molecular formula is C12H19N3. The van der Waals surface area contributed by atoms with Gasteiger partial charge in [-0.05, 0) is 44.2 Å². The average molecular weight is 205 g/mol. The molecular weight excluding hydrogens is 186 g/mol. The Bertz CT molecular complexity index is 321. The van der Waals surface area contributed by atoms with Gasteiger partial charge in [0.15, 0.2) is 0 Å². The molecule has 1 unspecified atom stereocenters. The highest BCUT2D eigenvalue weighted by Crippen LogP contribution is 2.31. The van der Waals surface area contributed by atoms with E-state index >= 15 is 0 Å². The van der Waals surface area contributed by atoms with Crippen LogP contribution in [0.15, 0.2) is 12.4 Å². The molecule has 0 aromatic carbocycles. The predicted octanol–water partition coefficient (Wildman–Crippen LogP) is 1.45. The number of hydrogen-bond donors (Lipinski definition) is 1. The summed E-state index contributed by atoms with van der Waals surface area (Å²) in [4.78, 5) is 4.50. The molecule has 1 aliphatic heterocycles. The van der Waals surface area contributed by atoms with Crippen molar-refractivity contribution in [3.63, 3.8) is 0 Å². The Hall–Kier alpha value is -0.830. The van der Waals surface area contributed by atoms with Crippen LogP contribution >= 0.6 is 0 Å². The zero-order chi connectivity index (χ0) is 10.1. The van der Waals surface area contributed by atoms with E-state index in [2.05, 4.69) is 21.1 Å². The number of imidazole rings is 1. The summed E-state index contributed by atoms with van der Waals surface area (Å²) in [5.41, 5.74) is 0. The summed E-state index contributed by atoms with van der Waals surface area (Å²) in [6.45, 7) is 3.57. The van der Waals surface area contributed by atoms with E-state index in [1.165, 1.54) is 44.7 Å². The Morgan fingerprint density at radius 2 is 2.27 bits per heavy atom. The lowest BCUT2D eigenvalue weighted by Gasteiger charge is -2.10. The van der Waals surface area contributed by atoms with Crippen molar-refractivity contribution >= 4 is 0 Å². The van der Waals surface area contributed by atoms with Crippen molar-refractivity contribution in [2.75, 3.05) is 13.1 Å². The van der Waals surface area contributed by atoms with Gasteiger partial charge in [-0.2, -0.15) is 0 Å². The maximum atomic E-state index is 4.50. The van der Waals surface area contributed by atoms with Crippen molar-refractivity contribution in [2.24, 2.45) is 11.8 Å². The minimum atomic E-state index is 0.811. The standard InChI is InChI=1S/C12H19N3/c1-2-10(1)9-15-6-5-14-12(15)7-11-3-4-13-8-11/h5-6,10-11,13H,1-4,7-9H2. The largest absolute Gasteiger partial charge is 0.335 e. The summed E-state index contributed by atoms with van der Waals surface area (Å²) in [6, 6.07) is 0. The Kier molecular flexibility index (Phi) is 2.49. The summed E-state index contributed by atoms with van der Waals surface area (Å²) in [6.07, 6.45) is 9.42. The van der Waals surface area contributed by atoms with Crippen molar-refractivity contribution in [3.05, 3.63) is 18.2 Å². The molecule has 2 aliphatic rings. The lowest BCUT2D eigenvalue weighted by molar-refractivity contribution is 0.520. The first-order valence-electron chi connectivity index (χ1n) is 6.12.